The molecule has 1 fully saturated rings. The molecule has 1 unspecified atom stereocenters. The molecule has 2 amide bonds. The van der Waals surface area contributed by atoms with Crippen molar-refractivity contribution in [3.05, 3.63) is 0 Å². The average Bonchev–Trinajstić information content (AvgIpc) is 2.39. The zero-order valence-corrected chi connectivity index (χ0v) is 12.4. The van der Waals surface area contributed by atoms with Crippen LogP contribution in [0.4, 0.5) is 0 Å². The van der Waals surface area contributed by atoms with Crippen LogP contribution in [0.25, 0.3) is 0 Å². The molecule has 1 rings (SSSR count). The molecular formula is C14H27N3O2. The monoisotopic (exact) mass is 269 g/mol. The Morgan fingerprint density at radius 2 is 1.74 bits per heavy atom. The maximum atomic E-state index is 12.0. The minimum absolute atomic E-state index is 0.331. The molecule has 0 saturated carbocycles. The number of rotatable bonds is 8. The summed E-state index contributed by atoms with van der Waals surface area (Å²) < 4.78 is 0. The van der Waals surface area contributed by atoms with Gasteiger partial charge in [-0.1, -0.05) is 20.8 Å². The van der Waals surface area contributed by atoms with Gasteiger partial charge in [0.05, 0.1) is 0 Å². The van der Waals surface area contributed by atoms with Crippen molar-refractivity contribution in [2.45, 2.75) is 33.6 Å². The molecule has 110 valence electrons. The van der Waals surface area contributed by atoms with Crippen LogP contribution in [-0.2, 0) is 9.59 Å². The SMILES string of the molecule is CCCNCC(C)CN1CCN(CCC)C(=O)C1=O. The Morgan fingerprint density at radius 1 is 1.11 bits per heavy atom. The van der Waals surface area contributed by atoms with Crippen LogP contribution in [0.15, 0.2) is 0 Å². The molecule has 1 N–H and O–H groups in total. The van der Waals surface area contributed by atoms with E-state index < -0.39 is 0 Å². The van der Waals surface area contributed by atoms with Gasteiger partial charge in [-0.25, -0.2) is 0 Å². The summed E-state index contributed by atoms with van der Waals surface area (Å²) >= 11 is 0. The van der Waals surface area contributed by atoms with Crippen LogP contribution in [-0.4, -0.2) is 60.9 Å². The van der Waals surface area contributed by atoms with E-state index in [-0.39, 0.29) is 11.8 Å². The third-order valence-corrected chi connectivity index (χ3v) is 3.34. The molecule has 0 aromatic rings. The van der Waals surface area contributed by atoms with Crippen LogP contribution in [0, 0.1) is 5.92 Å². The summed E-state index contributed by atoms with van der Waals surface area (Å²) in [6.45, 7) is 10.9. The molecule has 0 radical (unpaired) electrons. The topological polar surface area (TPSA) is 52.6 Å². The number of carbonyl (C=O) groups excluding carboxylic acids is 2. The molecular weight excluding hydrogens is 242 g/mol. The lowest BCUT2D eigenvalue weighted by Crippen LogP contribution is -2.55. The highest BCUT2D eigenvalue weighted by molar-refractivity contribution is 6.35. The van der Waals surface area contributed by atoms with Crippen molar-refractivity contribution in [3.63, 3.8) is 0 Å². The van der Waals surface area contributed by atoms with Gasteiger partial charge < -0.3 is 15.1 Å². The molecule has 0 aromatic heterocycles. The Kier molecular flexibility index (Phi) is 6.84. The fourth-order valence-electron chi connectivity index (χ4n) is 2.34. The van der Waals surface area contributed by atoms with Crippen molar-refractivity contribution < 1.29 is 9.59 Å². The maximum Gasteiger partial charge on any atom is 0.312 e. The summed E-state index contributed by atoms with van der Waals surface area (Å²) in [6, 6.07) is 0. The number of hydrogen-bond donors (Lipinski definition) is 1. The average molecular weight is 269 g/mol. The molecule has 5 heteroatoms. The van der Waals surface area contributed by atoms with Crippen molar-refractivity contribution in [1.82, 2.24) is 15.1 Å². The van der Waals surface area contributed by atoms with E-state index in [9.17, 15) is 9.59 Å². The van der Waals surface area contributed by atoms with Gasteiger partial charge in [-0.05, 0) is 31.8 Å². The highest BCUT2D eigenvalue weighted by Gasteiger charge is 2.32. The Morgan fingerprint density at radius 3 is 2.37 bits per heavy atom. The second kappa shape index (κ2) is 8.15. The van der Waals surface area contributed by atoms with E-state index in [2.05, 4.69) is 19.2 Å². The van der Waals surface area contributed by atoms with Crippen molar-refractivity contribution in [3.8, 4) is 0 Å². The maximum absolute atomic E-state index is 12.0. The molecule has 0 spiro atoms. The van der Waals surface area contributed by atoms with Crippen LogP contribution in [0.3, 0.4) is 0 Å². The molecule has 0 aliphatic carbocycles. The zero-order valence-electron chi connectivity index (χ0n) is 12.4. The summed E-state index contributed by atoms with van der Waals surface area (Å²) in [6.07, 6.45) is 2.01. The number of amides is 2. The third-order valence-electron chi connectivity index (χ3n) is 3.34. The molecule has 5 nitrogen and oxygen atoms in total. The first-order chi connectivity index (χ1) is 9.10. The van der Waals surface area contributed by atoms with Crippen molar-refractivity contribution in [1.29, 1.82) is 0 Å². The second-order valence-electron chi connectivity index (χ2n) is 5.35. The van der Waals surface area contributed by atoms with E-state index >= 15 is 0 Å². The summed E-state index contributed by atoms with van der Waals surface area (Å²) in [5.74, 6) is -0.287. The van der Waals surface area contributed by atoms with Crippen molar-refractivity contribution in [2.24, 2.45) is 5.92 Å². The van der Waals surface area contributed by atoms with Crippen LogP contribution in [0.2, 0.25) is 0 Å². The van der Waals surface area contributed by atoms with Gasteiger partial charge in [-0.15, -0.1) is 0 Å². The molecule has 1 saturated heterocycles. The van der Waals surface area contributed by atoms with E-state index in [0.717, 1.165) is 25.9 Å². The molecule has 0 aromatic carbocycles. The lowest BCUT2D eigenvalue weighted by Gasteiger charge is -2.35. The van der Waals surface area contributed by atoms with Crippen molar-refractivity contribution in [2.75, 3.05) is 39.3 Å². The first kappa shape index (κ1) is 16.0. The van der Waals surface area contributed by atoms with E-state index in [1.54, 1.807) is 9.80 Å². The van der Waals surface area contributed by atoms with Gasteiger partial charge in [0.2, 0.25) is 0 Å². The van der Waals surface area contributed by atoms with Crippen LogP contribution < -0.4 is 5.32 Å². The molecule has 1 atom stereocenters. The van der Waals surface area contributed by atoms with Crippen molar-refractivity contribution >= 4 is 11.8 Å². The standard InChI is InChI=1S/C14H27N3O2/c1-4-6-15-10-12(3)11-17-9-8-16(7-5-2)13(18)14(17)19/h12,15H,4-11H2,1-3H3. The summed E-state index contributed by atoms with van der Waals surface area (Å²) in [5, 5.41) is 3.35. The predicted octanol–water partition coefficient (Wildman–Crippen LogP) is 0.703. The van der Waals surface area contributed by atoms with Crippen LogP contribution in [0.5, 0.6) is 0 Å². The van der Waals surface area contributed by atoms with Gasteiger partial charge in [-0.3, -0.25) is 9.59 Å². The Balaban J connectivity index is 2.39. The normalized spacial score (nSPS) is 18.1. The minimum Gasteiger partial charge on any atom is -0.333 e. The zero-order chi connectivity index (χ0) is 14.3. The van der Waals surface area contributed by atoms with Gasteiger partial charge in [0, 0.05) is 26.2 Å². The summed E-state index contributed by atoms with van der Waals surface area (Å²) in [7, 11) is 0. The fourth-order valence-corrected chi connectivity index (χ4v) is 2.34. The second-order valence-corrected chi connectivity index (χ2v) is 5.35. The predicted molar refractivity (Wildman–Crippen MR) is 75.8 cm³/mol. The van der Waals surface area contributed by atoms with Gasteiger partial charge in [-0.2, -0.15) is 0 Å². The highest BCUT2D eigenvalue weighted by Crippen LogP contribution is 2.08. The molecule has 19 heavy (non-hydrogen) atoms. The molecule has 1 aliphatic rings. The third kappa shape index (κ3) is 4.82. The number of nitrogens with zero attached hydrogens (tertiary/aromatic N) is 2. The first-order valence-corrected chi connectivity index (χ1v) is 7.39. The number of piperazine rings is 1. The van der Waals surface area contributed by atoms with Gasteiger partial charge in [0.25, 0.3) is 0 Å². The van der Waals surface area contributed by atoms with Crippen LogP contribution in [0.1, 0.15) is 33.6 Å². The number of carbonyl (C=O) groups is 2. The van der Waals surface area contributed by atoms with Gasteiger partial charge in [0.1, 0.15) is 0 Å². The smallest absolute Gasteiger partial charge is 0.312 e. The minimum atomic E-state index is -0.332. The van der Waals surface area contributed by atoms with Gasteiger partial charge in [0.15, 0.2) is 0 Å². The van der Waals surface area contributed by atoms with Gasteiger partial charge >= 0.3 is 11.8 Å². The molecule has 0 bridgehead atoms. The van der Waals surface area contributed by atoms with Crippen LogP contribution >= 0.6 is 0 Å². The summed E-state index contributed by atoms with van der Waals surface area (Å²) in [4.78, 5) is 27.2. The lowest BCUT2D eigenvalue weighted by molar-refractivity contribution is -0.156. The van der Waals surface area contributed by atoms with E-state index in [0.29, 0.717) is 32.1 Å². The first-order valence-electron chi connectivity index (χ1n) is 7.39. The lowest BCUT2D eigenvalue weighted by atomic mass is 10.1. The largest absolute Gasteiger partial charge is 0.333 e. The number of hydrogen-bond acceptors (Lipinski definition) is 3. The van der Waals surface area contributed by atoms with E-state index in [4.69, 9.17) is 0 Å². The fraction of sp³-hybridized carbons (Fsp3) is 0.857. The Bertz CT molecular complexity index is 307. The van der Waals surface area contributed by atoms with E-state index in [1.807, 2.05) is 6.92 Å². The Hall–Kier alpha value is -1.10. The Labute approximate surface area is 116 Å². The molecule has 1 heterocycles. The van der Waals surface area contributed by atoms with E-state index in [1.165, 1.54) is 0 Å². The highest BCUT2D eigenvalue weighted by atomic mass is 16.2. The quantitative estimate of drug-likeness (QED) is 0.521. The number of nitrogens with one attached hydrogen (secondary N) is 1. The molecule has 1 aliphatic heterocycles. The summed E-state index contributed by atoms with van der Waals surface area (Å²) in [5.41, 5.74) is 0.